The summed E-state index contributed by atoms with van der Waals surface area (Å²) in [6.45, 7) is 28.0. The second-order valence-corrected chi connectivity index (χ2v) is 3.13. The van der Waals surface area contributed by atoms with E-state index in [4.69, 9.17) is 0 Å². The van der Waals surface area contributed by atoms with Crippen molar-refractivity contribution in [3.63, 3.8) is 0 Å². The molecule has 2 aromatic carbocycles. The summed E-state index contributed by atoms with van der Waals surface area (Å²) < 4.78 is 8.50. The Labute approximate surface area is 207 Å². The molecule has 0 radical (unpaired) electrons. The quantitative estimate of drug-likeness (QED) is 0.390. The minimum Gasteiger partial charge on any atom is -0.388 e. The fourth-order valence-corrected chi connectivity index (χ4v) is 0.770. The van der Waals surface area contributed by atoms with E-state index in [-0.39, 0.29) is 0 Å². The van der Waals surface area contributed by atoms with Gasteiger partial charge in [0.25, 0.3) is 0 Å². The minimum atomic E-state index is 1.62. The van der Waals surface area contributed by atoms with Crippen LogP contribution in [0.3, 0.4) is 0 Å². The lowest BCUT2D eigenvalue weighted by Crippen LogP contribution is -1.55. The number of methoxy groups -OCH3 is 2. The van der Waals surface area contributed by atoms with E-state index in [1.807, 2.05) is 170 Å². The second kappa shape index (κ2) is 155. The van der Waals surface area contributed by atoms with E-state index >= 15 is 0 Å². The first-order valence-corrected chi connectivity index (χ1v) is 12.6. The molecule has 0 bridgehead atoms. The van der Waals surface area contributed by atoms with Gasteiger partial charge >= 0.3 is 0 Å². The van der Waals surface area contributed by atoms with Crippen molar-refractivity contribution in [1.82, 2.24) is 0 Å². The molecule has 0 spiro atoms. The van der Waals surface area contributed by atoms with Gasteiger partial charge in [0.2, 0.25) is 0 Å². The van der Waals surface area contributed by atoms with Crippen LogP contribution in [0.15, 0.2) is 72.8 Å². The lowest BCUT2D eigenvalue weighted by atomic mass is 10.4. The van der Waals surface area contributed by atoms with Crippen LogP contribution in [-0.4, -0.2) is 28.4 Å². The third-order valence-electron chi connectivity index (χ3n) is 1.33. The van der Waals surface area contributed by atoms with Gasteiger partial charge in [-0.05, 0) is 0 Å². The van der Waals surface area contributed by atoms with Crippen molar-refractivity contribution in [3.8, 4) is 0 Å². The van der Waals surface area contributed by atoms with Crippen molar-refractivity contribution >= 4 is 0 Å². The Kier molecular flexibility index (Phi) is 277. The van der Waals surface area contributed by atoms with Crippen molar-refractivity contribution in [1.29, 1.82) is 0 Å². The smallest absolute Gasteiger partial charge is 0.0351 e. The van der Waals surface area contributed by atoms with E-state index in [0.29, 0.717) is 0 Å². The number of hydrogen-bond acceptors (Lipinski definition) is 2. The van der Waals surface area contributed by atoms with E-state index < -0.39 is 0 Å². The highest BCUT2D eigenvalue weighted by atomic mass is 16.5. The topological polar surface area (TPSA) is 18.5 Å². The molecule has 0 N–H and O–H groups in total. The lowest BCUT2D eigenvalue weighted by molar-refractivity contribution is 0.277. The zero-order chi connectivity index (χ0) is 27.9. The molecule has 32 heavy (non-hydrogen) atoms. The van der Waals surface area contributed by atoms with Crippen LogP contribution in [0.4, 0.5) is 0 Å². The molecule has 0 saturated carbocycles. The third-order valence-corrected chi connectivity index (χ3v) is 1.33. The monoisotopic (exact) mass is 459 g/mol. The molecule has 0 aromatic heterocycles. The first kappa shape index (κ1) is 57.4. The lowest BCUT2D eigenvalue weighted by Gasteiger charge is -1.69. The first-order chi connectivity index (χ1) is 15.8. The predicted molar refractivity (Wildman–Crippen MR) is 158 cm³/mol. The number of rotatable bonds is 0. The molecular formula is C30H66O2. The highest BCUT2D eigenvalue weighted by Crippen LogP contribution is 1.80. The Balaban J connectivity index is -0.0000000274. The Morgan fingerprint density at radius 1 is 0.219 bits per heavy atom. The van der Waals surface area contributed by atoms with Gasteiger partial charge in [0.05, 0.1) is 0 Å². The van der Waals surface area contributed by atoms with Crippen LogP contribution in [0.5, 0.6) is 0 Å². The van der Waals surface area contributed by atoms with Gasteiger partial charge < -0.3 is 9.47 Å². The maximum atomic E-state index is 4.25. The molecule has 0 atom stereocenters. The van der Waals surface area contributed by atoms with E-state index in [1.165, 1.54) is 0 Å². The van der Waals surface area contributed by atoms with Crippen molar-refractivity contribution in [3.05, 3.63) is 72.8 Å². The van der Waals surface area contributed by atoms with Gasteiger partial charge in [-0.15, -0.1) is 0 Å². The number of benzene rings is 2. The van der Waals surface area contributed by atoms with Gasteiger partial charge in [0.15, 0.2) is 0 Å². The minimum absolute atomic E-state index is 1.62. The Morgan fingerprint density at radius 2 is 0.250 bits per heavy atom. The van der Waals surface area contributed by atoms with Gasteiger partial charge in [0.1, 0.15) is 0 Å². The molecule has 2 aromatic rings. The van der Waals surface area contributed by atoms with Gasteiger partial charge in [-0.25, -0.2) is 0 Å². The standard InChI is InChI=1S/2C6H6.2C2H6O.7C2H6/c2*1-2-4-6-5-3-1;2*1-3-2;7*1-2/h2*1-6H;2*1-2H3;7*1-2H3. The number of ether oxygens (including phenoxy) is 2. The normalized spacial score (nSPS) is 5.44. The van der Waals surface area contributed by atoms with Crippen LogP contribution in [0.25, 0.3) is 0 Å². The van der Waals surface area contributed by atoms with Gasteiger partial charge in [-0.2, -0.15) is 0 Å². The average Bonchev–Trinajstić information content (AvgIpc) is 2.95. The summed E-state index contributed by atoms with van der Waals surface area (Å²) in [5.41, 5.74) is 0. The Hall–Kier alpha value is -1.64. The molecule has 0 amide bonds. The summed E-state index contributed by atoms with van der Waals surface area (Å²) >= 11 is 0. The largest absolute Gasteiger partial charge is 0.388 e. The number of hydrogen-bond donors (Lipinski definition) is 0. The molecule has 198 valence electrons. The van der Waals surface area contributed by atoms with Gasteiger partial charge in [0, 0.05) is 28.4 Å². The van der Waals surface area contributed by atoms with Crippen LogP contribution < -0.4 is 0 Å². The van der Waals surface area contributed by atoms with Crippen LogP contribution in [-0.2, 0) is 9.47 Å². The van der Waals surface area contributed by atoms with Gasteiger partial charge in [-0.3, -0.25) is 0 Å². The fraction of sp³-hybridized carbons (Fsp3) is 0.600. The van der Waals surface area contributed by atoms with E-state index in [0.717, 1.165) is 0 Å². The van der Waals surface area contributed by atoms with Crippen LogP contribution in [0.2, 0.25) is 0 Å². The van der Waals surface area contributed by atoms with E-state index in [9.17, 15) is 0 Å². The molecule has 0 aliphatic rings. The summed E-state index contributed by atoms with van der Waals surface area (Å²) in [6.07, 6.45) is 0. The highest BCUT2D eigenvalue weighted by molar-refractivity contribution is 4.99. The molecule has 0 aliphatic heterocycles. The Bertz CT molecular complexity index is 210. The van der Waals surface area contributed by atoms with Crippen LogP contribution >= 0.6 is 0 Å². The maximum absolute atomic E-state index is 4.25. The Morgan fingerprint density at radius 3 is 0.281 bits per heavy atom. The first-order valence-electron chi connectivity index (χ1n) is 12.6. The molecule has 0 fully saturated rings. The molecule has 0 saturated heterocycles. The summed E-state index contributed by atoms with van der Waals surface area (Å²) in [6, 6.07) is 24.0. The molecule has 2 rings (SSSR count). The van der Waals surface area contributed by atoms with Crippen LogP contribution in [0, 0.1) is 0 Å². The highest BCUT2D eigenvalue weighted by Gasteiger charge is 1.58. The van der Waals surface area contributed by atoms with Crippen molar-refractivity contribution in [2.75, 3.05) is 28.4 Å². The van der Waals surface area contributed by atoms with E-state index in [1.54, 1.807) is 28.4 Å². The molecule has 2 heteroatoms. The summed E-state index contributed by atoms with van der Waals surface area (Å²) in [4.78, 5) is 0. The average molecular weight is 459 g/mol. The maximum Gasteiger partial charge on any atom is 0.0351 e. The summed E-state index contributed by atoms with van der Waals surface area (Å²) in [5.74, 6) is 0. The summed E-state index contributed by atoms with van der Waals surface area (Å²) in [5, 5.41) is 0. The molecule has 0 unspecified atom stereocenters. The molecular weight excluding hydrogens is 392 g/mol. The van der Waals surface area contributed by atoms with Crippen molar-refractivity contribution < 1.29 is 9.47 Å². The molecule has 0 aliphatic carbocycles. The summed E-state index contributed by atoms with van der Waals surface area (Å²) in [7, 11) is 6.50. The van der Waals surface area contributed by atoms with Crippen molar-refractivity contribution in [2.45, 2.75) is 96.9 Å². The zero-order valence-corrected chi connectivity index (χ0v) is 25.7. The fourth-order valence-electron chi connectivity index (χ4n) is 0.770. The second-order valence-electron chi connectivity index (χ2n) is 3.13. The van der Waals surface area contributed by atoms with Crippen LogP contribution in [0.1, 0.15) is 96.9 Å². The zero-order valence-electron chi connectivity index (χ0n) is 25.7. The van der Waals surface area contributed by atoms with Gasteiger partial charge in [-0.1, -0.05) is 170 Å². The van der Waals surface area contributed by atoms with E-state index in [2.05, 4.69) is 9.47 Å². The SMILES string of the molecule is CC.CC.CC.CC.CC.CC.CC.COC.COC.c1ccccc1.c1ccccc1. The molecule has 0 heterocycles. The van der Waals surface area contributed by atoms with Crippen molar-refractivity contribution in [2.24, 2.45) is 0 Å². The molecule has 2 nitrogen and oxygen atoms in total. The predicted octanol–water partition coefficient (Wildman–Crippen LogP) is 11.1. The third kappa shape index (κ3) is 198.